The minimum Gasteiger partial charge on any atom is -0.437 e. The fraction of sp³-hybridized carbons (Fsp3) is 0.227. The number of thiophene rings is 1. The summed E-state index contributed by atoms with van der Waals surface area (Å²) in [4.78, 5) is 33.0. The predicted octanol–water partition coefficient (Wildman–Crippen LogP) is 2.63. The van der Waals surface area contributed by atoms with Crippen LogP contribution in [-0.2, 0) is 17.1 Å². The number of nitrogens with two attached hydrogens (primary N) is 1. The molecule has 0 aromatic carbocycles. The topological polar surface area (TPSA) is 149 Å². The molecule has 34 heavy (non-hydrogen) atoms. The van der Waals surface area contributed by atoms with Crippen LogP contribution in [0.4, 0.5) is 0 Å². The largest absolute Gasteiger partial charge is 0.437 e. The summed E-state index contributed by atoms with van der Waals surface area (Å²) < 4.78 is 31.5. The molecule has 4 N–H and O–H groups in total. The average molecular weight is 500 g/mol. The number of carbonyl (C=O) groups is 1. The van der Waals surface area contributed by atoms with Gasteiger partial charge in [-0.15, -0.1) is 11.3 Å². The zero-order valence-electron chi connectivity index (χ0n) is 18.3. The summed E-state index contributed by atoms with van der Waals surface area (Å²) in [5.74, 6) is 0.229. The molecule has 4 aromatic heterocycles. The van der Waals surface area contributed by atoms with Gasteiger partial charge in [0, 0.05) is 48.1 Å². The van der Waals surface area contributed by atoms with Gasteiger partial charge in [0.15, 0.2) is 0 Å². The molecule has 0 bridgehead atoms. The van der Waals surface area contributed by atoms with Gasteiger partial charge in [-0.2, -0.15) is 0 Å². The van der Waals surface area contributed by atoms with E-state index >= 15 is 0 Å². The van der Waals surface area contributed by atoms with Gasteiger partial charge in [0.05, 0.1) is 4.88 Å². The number of sulfonamides is 1. The van der Waals surface area contributed by atoms with E-state index in [0.29, 0.717) is 21.7 Å². The molecule has 0 radical (unpaired) electrons. The SMILES string of the molecule is Cc1cccnc1Oc1cc(S(N)(=O)=O)sc1-c1cn(C)c(=O)c2[nH]c(C(=O)NC3CC3)cc12. The smallest absolute Gasteiger partial charge is 0.274 e. The maximum absolute atomic E-state index is 12.8. The summed E-state index contributed by atoms with van der Waals surface area (Å²) in [7, 11) is -2.45. The highest BCUT2D eigenvalue weighted by atomic mass is 32.2. The Morgan fingerprint density at radius 2 is 2.12 bits per heavy atom. The molecule has 10 nitrogen and oxygen atoms in total. The minimum atomic E-state index is -4.02. The predicted molar refractivity (Wildman–Crippen MR) is 128 cm³/mol. The summed E-state index contributed by atoms with van der Waals surface area (Å²) in [5.41, 5.74) is 1.42. The third-order valence-corrected chi connectivity index (χ3v) is 8.06. The van der Waals surface area contributed by atoms with E-state index in [4.69, 9.17) is 9.88 Å². The lowest BCUT2D eigenvalue weighted by Gasteiger charge is -2.10. The summed E-state index contributed by atoms with van der Waals surface area (Å²) in [6.07, 6.45) is 5.00. The fourth-order valence-corrected chi connectivity index (χ4v) is 5.39. The van der Waals surface area contributed by atoms with E-state index in [2.05, 4.69) is 15.3 Å². The van der Waals surface area contributed by atoms with Crippen molar-refractivity contribution in [1.29, 1.82) is 0 Å². The monoisotopic (exact) mass is 499 g/mol. The van der Waals surface area contributed by atoms with Crippen molar-refractivity contribution in [2.75, 3.05) is 0 Å². The van der Waals surface area contributed by atoms with Gasteiger partial charge in [-0.3, -0.25) is 9.59 Å². The van der Waals surface area contributed by atoms with Crippen molar-refractivity contribution in [2.24, 2.45) is 12.2 Å². The molecule has 1 saturated carbocycles. The van der Waals surface area contributed by atoms with Gasteiger partial charge >= 0.3 is 0 Å². The minimum absolute atomic E-state index is 0.102. The van der Waals surface area contributed by atoms with Crippen LogP contribution >= 0.6 is 11.3 Å². The number of aromatic nitrogens is 3. The number of H-pyrrole nitrogens is 1. The molecule has 176 valence electrons. The Kier molecular flexibility index (Phi) is 5.30. The number of rotatable bonds is 6. The van der Waals surface area contributed by atoms with Crippen LogP contribution in [0.5, 0.6) is 11.6 Å². The quantitative estimate of drug-likeness (QED) is 0.371. The number of hydrogen-bond acceptors (Lipinski definition) is 7. The molecular weight excluding hydrogens is 478 g/mol. The summed E-state index contributed by atoms with van der Waals surface area (Å²) in [5, 5.41) is 8.76. The van der Waals surface area contributed by atoms with Gasteiger partial charge in [0.2, 0.25) is 15.9 Å². The van der Waals surface area contributed by atoms with Crippen molar-refractivity contribution >= 4 is 38.2 Å². The summed E-state index contributed by atoms with van der Waals surface area (Å²) in [6, 6.07) is 6.66. The van der Waals surface area contributed by atoms with E-state index < -0.39 is 10.0 Å². The van der Waals surface area contributed by atoms with Crippen LogP contribution in [0.25, 0.3) is 21.3 Å². The lowest BCUT2D eigenvalue weighted by atomic mass is 10.1. The molecule has 0 unspecified atom stereocenters. The number of primary sulfonamides is 1. The number of amides is 1. The van der Waals surface area contributed by atoms with Crippen molar-refractivity contribution in [3.63, 3.8) is 0 Å². The lowest BCUT2D eigenvalue weighted by Crippen LogP contribution is -2.25. The van der Waals surface area contributed by atoms with E-state index in [1.807, 2.05) is 13.0 Å². The summed E-state index contributed by atoms with van der Waals surface area (Å²) >= 11 is 0.917. The maximum atomic E-state index is 12.8. The summed E-state index contributed by atoms with van der Waals surface area (Å²) in [6.45, 7) is 1.82. The van der Waals surface area contributed by atoms with Gasteiger partial charge in [-0.25, -0.2) is 18.5 Å². The van der Waals surface area contributed by atoms with Gasteiger partial charge in [0.1, 0.15) is 21.2 Å². The highest BCUT2D eigenvalue weighted by Gasteiger charge is 2.27. The van der Waals surface area contributed by atoms with E-state index in [0.717, 1.165) is 29.7 Å². The first-order chi connectivity index (χ1) is 16.1. The van der Waals surface area contributed by atoms with Crippen LogP contribution in [0, 0.1) is 6.92 Å². The second-order valence-corrected chi connectivity index (χ2v) is 11.1. The molecule has 4 aromatic rings. The second kappa shape index (κ2) is 8.08. The first-order valence-electron chi connectivity index (χ1n) is 10.4. The first kappa shape index (κ1) is 22.3. The third kappa shape index (κ3) is 4.11. The number of aromatic amines is 1. The first-order valence-corrected chi connectivity index (χ1v) is 12.8. The number of nitrogens with one attached hydrogen (secondary N) is 2. The van der Waals surface area contributed by atoms with Crippen LogP contribution in [0.3, 0.4) is 0 Å². The zero-order valence-corrected chi connectivity index (χ0v) is 19.9. The van der Waals surface area contributed by atoms with Crippen molar-refractivity contribution in [1.82, 2.24) is 19.9 Å². The second-order valence-electron chi connectivity index (χ2n) is 8.21. The number of hydrogen-bond donors (Lipinski definition) is 3. The molecule has 1 aliphatic rings. The molecule has 0 atom stereocenters. The Morgan fingerprint density at radius 1 is 1.35 bits per heavy atom. The molecule has 5 rings (SSSR count). The number of carbonyl (C=O) groups excluding carboxylic acids is 1. The number of fused-ring (bicyclic) bond motifs is 1. The third-order valence-electron chi connectivity index (χ3n) is 5.49. The number of aryl methyl sites for hydroxylation is 2. The molecule has 1 fully saturated rings. The van der Waals surface area contributed by atoms with Crippen LogP contribution in [0.1, 0.15) is 28.9 Å². The van der Waals surface area contributed by atoms with Crippen molar-refractivity contribution in [2.45, 2.75) is 30.0 Å². The molecule has 4 heterocycles. The molecule has 0 spiro atoms. The molecule has 0 aliphatic heterocycles. The van der Waals surface area contributed by atoms with Crippen molar-refractivity contribution < 1.29 is 17.9 Å². The van der Waals surface area contributed by atoms with Crippen LogP contribution < -0.4 is 20.8 Å². The van der Waals surface area contributed by atoms with Crippen LogP contribution in [-0.4, -0.2) is 34.9 Å². The Hall–Kier alpha value is -3.48. The fourth-order valence-electron chi connectivity index (χ4n) is 3.57. The molecule has 1 amide bonds. The average Bonchev–Trinajstić information content (AvgIpc) is 3.31. The normalized spacial score (nSPS) is 13.9. The number of nitrogens with zero attached hydrogens (tertiary/aromatic N) is 2. The highest BCUT2D eigenvalue weighted by Crippen LogP contribution is 2.44. The number of pyridine rings is 2. The van der Waals surface area contributed by atoms with E-state index in [1.165, 1.54) is 10.6 Å². The Labute approximate surface area is 198 Å². The Bertz CT molecular complexity index is 1610. The van der Waals surface area contributed by atoms with Crippen molar-refractivity contribution in [3.8, 4) is 22.1 Å². The lowest BCUT2D eigenvalue weighted by molar-refractivity contribution is 0.0947. The Morgan fingerprint density at radius 3 is 2.79 bits per heavy atom. The maximum Gasteiger partial charge on any atom is 0.274 e. The van der Waals surface area contributed by atoms with Gasteiger partial charge in [-0.05, 0) is 31.9 Å². The Balaban J connectivity index is 1.70. The molecule has 12 heteroatoms. The van der Waals surface area contributed by atoms with Gasteiger partial charge < -0.3 is 19.6 Å². The van der Waals surface area contributed by atoms with E-state index in [-0.39, 0.29) is 38.7 Å². The zero-order chi connectivity index (χ0) is 24.2. The van der Waals surface area contributed by atoms with Crippen molar-refractivity contribution in [3.05, 3.63) is 58.3 Å². The highest BCUT2D eigenvalue weighted by molar-refractivity contribution is 7.91. The van der Waals surface area contributed by atoms with E-state index in [9.17, 15) is 18.0 Å². The number of ether oxygens (including phenoxy) is 1. The molecule has 0 saturated heterocycles. The van der Waals surface area contributed by atoms with Gasteiger partial charge in [0.25, 0.3) is 11.5 Å². The molecule has 1 aliphatic carbocycles. The molecular formula is C22H21N5O5S2. The standard InChI is InChI=1S/C22H21N5O5S2/c1-11-4-3-7-24-21(11)32-16-9-17(34(23,30)31)33-19(16)14-10-27(2)22(29)18-13(14)8-15(26-18)20(28)25-12-5-6-12/h3-4,7-10,12,26H,5-6H2,1-2H3,(H,25,28)(H2,23,30,31). The van der Waals surface area contributed by atoms with E-state index in [1.54, 1.807) is 31.6 Å². The van der Waals surface area contributed by atoms with Gasteiger partial charge in [-0.1, -0.05) is 6.07 Å². The van der Waals surface area contributed by atoms with Crippen LogP contribution in [0.2, 0.25) is 0 Å². The van der Waals surface area contributed by atoms with Crippen LogP contribution in [0.15, 0.2) is 45.7 Å².